The van der Waals surface area contributed by atoms with Crippen LogP contribution in [0.1, 0.15) is 0 Å². The lowest BCUT2D eigenvalue weighted by Crippen LogP contribution is -2.35. The van der Waals surface area contributed by atoms with Crippen LogP contribution in [0.5, 0.6) is 0 Å². The van der Waals surface area contributed by atoms with Gasteiger partial charge < -0.3 is 10.1 Å². The lowest BCUT2D eigenvalue weighted by atomic mass is 10.4. The van der Waals surface area contributed by atoms with Gasteiger partial charge in [0.05, 0.1) is 6.61 Å². The summed E-state index contributed by atoms with van der Waals surface area (Å²) in [5, 5.41) is 5.96. The normalized spacial score (nSPS) is 12.6. The highest BCUT2D eigenvalue weighted by atomic mass is 32.2. The highest BCUT2D eigenvalue weighted by molar-refractivity contribution is 7.99. The van der Waals surface area contributed by atoms with E-state index >= 15 is 0 Å². The lowest BCUT2D eigenvalue weighted by Gasteiger charge is -2.14. The number of likely N-dealkylation sites (N-methyl/N-ethyl adjacent to an activating group) is 1. The summed E-state index contributed by atoms with van der Waals surface area (Å²) in [6.07, 6.45) is 0. The van der Waals surface area contributed by atoms with E-state index in [2.05, 4.69) is 15.4 Å². The molecule has 0 aliphatic carbocycles. The van der Waals surface area contributed by atoms with Gasteiger partial charge in [0.25, 0.3) is 0 Å². The third-order valence-electron chi connectivity index (χ3n) is 2.14. The molecule has 1 atom stereocenters. The molecule has 1 aromatic rings. The van der Waals surface area contributed by atoms with E-state index in [0.29, 0.717) is 17.5 Å². The molecule has 0 radical (unpaired) electrons. The maximum atomic E-state index is 11.1. The summed E-state index contributed by atoms with van der Waals surface area (Å²) in [5.41, 5.74) is -1.47. The molecule has 0 saturated heterocycles. The number of nitrogens with one attached hydrogen (secondary N) is 2. The first-order chi connectivity index (χ1) is 8.08. The van der Waals surface area contributed by atoms with Crippen molar-refractivity contribution in [2.24, 2.45) is 7.05 Å². The van der Waals surface area contributed by atoms with E-state index in [1.807, 2.05) is 7.05 Å². The highest BCUT2D eigenvalue weighted by Gasteiger charge is 2.09. The molecule has 17 heavy (non-hydrogen) atoms. The average Bonchev–Trinajstić information content (AvgIpc) is 2.30. The minimum Gasteiger partial charge on any atom is -0.383 e. The Balaban J connectivity index is 2.72. The van der Waals surface area contributed by atoms with Gasteiger partial charge in [-0.1, -0.05) is 11.8 Å². The molecule has 0 fully saturated rings. The predicted molar refractivity (Wildman–Crippen MR) is 65.5 cm³/mol. The molecule has 0 spiro atoms. The number of H-pyrrole nitrogens is 1. The molecule has 8 heteroatoms. The number of hydrogen-bond donors (Lipinski definition) is 2. The Morgan fingerprint density at radius 2 is 2.29 bits per heavy atom. The van der Waals surface area contributed by atoms with Crippen molar-refractivity contribution in [1.82, 2.24) is 20.1 Å². The topological polar surface area (TPSA) is 89.0 Å². The van der Waals surface area contributed by atoms with E-state index in [4.69, 9.17) is 4.74 Å². The number of rotatable bonds is 6. The van der Waals surface area contributed by atoms with Gasteiger partial charge in [0.15, 0.2) is 5.16 Å². The lowest BCUT2D eigenvalue weighted by molar-refractivity contribution is 0.177. The van der Waals surface area contributed by atoms with Crippen LogP contribution in [-0.2, 0) is 11.8 Å². The number of methoxy groups -OCH3 is 1. The molecule has 1 unspecified atom stereocenters. The molecule has 0 amide bonds. The summed E-state index contributed by atoms with van der Waals surface area (Å²) in [4.78, 5) is 25.8. The van der Waals surface area contributed by atoms with E-state index in [1.54, 1.807) is 14.2 Å². The maximum absolute atomic E-state index is 11.1. The zero-order valence-electron chi connectivity index (χ0n) is 10.0. The highest BCUT2D eigenvalue weighted by Crippen LogP contribution is 2.12. The summed E-state index contributed by atoms with van der Waals surface area (Å²) in [5.74, 6) is 0.691. The first-order valence-electron chi connectivity index (χ1n) is 5.04. The van der Waals surface area contributed by atoms with Crippen molar-refractivity contribution in [1.29, 1.82) is 0 Å². The summed E-state index contributed by atoms with van der Waals surface area (Å²) in [7, 11) is 5.10. The van der Waals surface area contributed by atoms with E-state index in [0.717, 1.165) is 0 Å². The Morgan fingerprint density at radius 3 is 2.88 bits per heavy atom. The number of thioether (sulfide) groups is 1. The van der Waals surface area contributed by atoms with E-state index in [-0.39, 0.29) is 6.04 Å². The third-order valence-corrected chi connectivity index (χ3v) is 3.33. The fourth-order valence-electron chi connectivity index (χ4n) is 1.18. The van der Waals surface area contributed by atoms with E-state index in [9.17, 15) is 9.59 Å². The largest absolute Gasteiger partial charge is 0.383 e. The Labute approximate surface area is 103 Å². The third kappa shape index (κ3) is 3.99. The van der Waals surface area contributed by atoms with Gasteiger partial charge in [-0.05, 0) is 7.05 Å². The van der Waals surface area contributed by atoms with Crippen molar-refractivity contribution >= 4 is 11.8 Å². The maximum Gasteiger partial charge on any atom is 0.339 e. The van der Waals surface area contributed by atoms with Gasteiger partial charge in [-0.25, -0.2) is 0 Å². The zero-order chi connectivity index (χ0) is 12.8. The van der Waals surface area contributed by atoms with Gasteiger partial charge >= 0.3 is 11.1 Å². The molecule has 96 valence electrons. The monoisotopic (exact) mass is 260 g/mol. The molecule has 0 bridgehead atoms. The average molecular weight is 260 g/mol. The van der Waals surface area contributed by atoms with E-state index in [1.165, 1.54) is 16.4 Å². The number of aromatic amines is 1. The van der Waals surface area contributed by atoms with Gasteiger partial charge in [-0.2, -0.15) is 4.98 Å². The predicted octanol–water partition coefficient (Wildman–Crippen LogP) is -1.20. The molecular weight excluding hydrogens is 244 g/mol. The molecular formula is C9H16N4O3S. The standard InChI is InChI=1S/C9H16N4O3S/c1-10-6(4-16-3)5-17-9-11-7(14)8(15)12-13(9)2/h6,10H,4-5H2,1-3H3,(H,12,15). The van der Waals surface area contributed by atoms with Crippen LogP contribution >= 0.6 is 11.8 Å². The smallest absolute Gasteiger partial charge is 0.339 e. The zero-order valence-corrected chi connectivity index (χ0v) is 10.8. The summed E-state index contributed by atoms with van der Waals surface area (Å²) in [6.45, 7) is 0.570. The molecule has 1 heterocycles. The van der Waals surface area contributed by atoms with Crippen LogP contribution in [0.3, 0.4) is 0 Å². The molecule has 1 rings (SSSR count). The summed E-state index contributed by atoms with van der Waals surface area (Å²) >= 11 is 1.38. The fourth-order valence-corrected chi connectivity index (χ4v) is 2.18. The minimum atomic E-state index is -0.765. The summed E-state index contributed by atoms with van der Waals surface area (Å²) < 4.78 is 6.47. The second-order valence-corrected chi connectivity index (χ2v) is 4.44. The van der Waals surface area contributed by atoms with Gasteiger partial charge in [-0.3, -0.25) is 19.4 Å². The van der Waals surface area contributed by atoms with Gasteiger partial charge in [0.1, 0.15) is 0 Å². The van der Waals surface area contributed by atoms with Gasteiger partial charge in [0, 0.05) is 26.0 Å². The van der Waals surface area contributed by atoms with Gasteiger partial charge in [0.2, 0.25) is 0 Å². The molecule has 0 saturated carbocycles. The van der Waals surface area contributed by atoms with E-state index < -0.39 is 11.1 Å². The molecule has 1 aromatic heterocycles. The van der Waals surface area contributed by atoms with Crippen LogP contribution < -0.4 is 16.4 Å². The van der Waals surface area contributed by atoms with Crippen LogP contribution in [0, 0.1) is 0 Å². The minimum absolute atomic E-state index is 0.161. The van der Waals surface area contributed by atoms with Crippen molar-refractivity contribution in [2.45, 2.75) is 11.2 Å². The Hall–Kier alpha value is -1.12. The number of nitrogens with zero attached hydrogens (tertiary/aromatic N) is 2. The van der Waals surface area contributed by atoms with Crippen LogP contribution in [0.4, 0.5) is 0 Å². The SMILES string of the molecule is CNC(COC)CSc1nc(=O)c(=O)[nH]n1C. The molecule has 0 aliphatic heterocycles. The van der Waals surface area contributed by atoms with Crippen molar-refractivity contribution < 1.29 is 4.74 Å². The fraction of sp³-hybridized carbons (Fsp3) is 0.667. The van der Waals surface area contributed by atoms with Crippen molar-refractivity contribution in [3.63, 3.8) is 0 Å². The number of aryl methyl sites for hydroxylation is 1. The number of aromatic nitrogens is 3. The first kappa shape index (κ1) is 13.9. The van der Waals surface area contributed by atoms with Crippen LogP contribution in [-0.4, -0.2) is 47.3 Å². The Morgan fingerprint density at radius 1 is 1.59 bits per heavy atom. The molecule has 0 aliphatic rings. The molecule has 0 aromatic carbocycles. The number of hydrogen-bond acceptors (Lipinski definition) is 6. The van der Waals surface area contributed by atoms with Crippen molar-refractivity contribution in [2.75, 3.05) is 26.5 Å². The quantitative estimate of drug-likeness (QED) is 0.493. The second kappa shape index (κ2) is 6.58. The second-order valence-electron chi connectivity index (χ2n) is 3.45. The van der Waals surface area contributed by atoms with Crippen LogP contribution in [0.15, 0.2) is 14.7 Å². The van der Waals surface area contributed by atoms with Gasteiger partial charge in [-0.15, -0.1) is 0 Å². The van der Waals surface area contributed by atoms with Crippen LogP contribution in [0.2, 0.25) is 0 Å². The Kier molecular flexibility index (Phi) is 5.39. The Bertz CT molecular complexity index is 470. The molecule has 7 nitrogen and oxygen atoms in total. The van der Waals surface area contributed by atoms with Crippen molar-refractivity contribution in [3.05, 3.63) is 20.7 Å². The van der Waals surface area contributed by atoms with Crippen LogP contribution in [0.25, 0.3) is 0 Å². The number of ether oxygens (including phenoxy) is 1. The molecule has 2 N–H and O–H groups in total. The summed E-state index contributed by atoms with van der Waals surface area (Å²) in [6, 6.07) is 0.161. The first-order valence-corrected chi connectivity index (χ1v) is 6.03. The van der Waals surface area contributed by atoms with Crippen molar-refractivity contribution in [3.8, 4) is 0 Å².